The number of Topliss-reactive ketones (excluding diaryl/α,β-unsaturated/α-hetero) is 1. The molecule has 3 aromatic rings. The van der Waals surface area contributed by atoms with Gasteiger partial charge in [-0.25, -0.2) is 4.98 Å². The first-order valence-electron chi connectivity index (χ1n) is 8.09. The molecular weight excluding hydrogens is 348 g/mol. The Labute approximate surface area is 156 Å². The number of carbonyl (C=O) groups excluding carboxylic acids is 1. The number of hydrogen-bond acceptors (Lipinski definition) is 6. The monoisotopic (exact) mass is 368 g/mol. The molecule has 1 unspecified atom stereocenters. The molecule has 0 fully saturated rings. The van der Waals surface area contributed by atoms with E-state index in [4.69, 9.17) is 15.2 Å². The van der Waals surface area contributed by atoms with Crippen LogP contribution >= 0.6 is 11.3 Å². The third-order valence-electron chi connectivity index (χ3n) is 4.11. The summed E-state index contributed by atoms with van der Waals surface area (Å²) in [6.45, 7) is 1.88. The topological polar surface area (TPSA) is 74.4 Å². The summed E-state index contributed by atoms with van der Waals surface area (Å²) in [5.74, 6) is 0.923. The van der Waals surface area contributed by atoms with Gasteiger partial charge in [-0.15, -0.1) is 11.3 Å². The van der Waals surface area contributed by atoms with Crippen LogP contribution < -0.4 is 15.2 Å². The van der Waals surface area contributed by atoms with E-state index in [9.17, 15) is 4.79 Å². The van der Waals surface area contributed by atoms with Gasteiger partial charge in [-0.05, 0) is 19.1 Å². The summed E-state index contributed by atoms with van der Waals surface area (Å²) in [5.41, 5.74) is 8.24. The quantitative estimate of drug-likeness (QED) is 0.665. The minimum absolute atomic E-state index is 0.232. The summed E-state index contributed by atoms with van der Waals surface area (Å²) >= 11 is 1.49. The Hall–Kier alpha value is -2.70. The first-order chi connectivity index (χ1) is 12.5. The predicted octanol–water partition coefficient (Wildman–Crippen LogP) is 4.02. The lowest BCUT2D eigenvalue weighted by molar-refractivity contribution is 0.0955. The van der Waals surface area contributed by atoms with Crippen molar-refractivity contribution in [2.45, 2.75) is 13.0 Å². The fraction of sp³-hybridized carbons (Fsp3) is 0.200. The zero-order chi connectivity index (χ0) is 18.7. The van der Waals surface area contributed by atoms with Crippen molar-refractivity contribution in [2.24, 2.45) is 5.73 Å². The van der Waals surface area contributed by atoms with E-state index in [0.29, 0.717) is 22.8 Å². The molecule has 0 aliphatic heterocycles. The van der Waals surface area contributed by atoms with E-state index in [1.807, 2.05) is 37.3 Å². The van der Waals surface area contributed by atoms with E-state index in [1.54, 1.807) is 25.3 Å². The van der Waals surface area contributed by atoms with Gasteiger partial charge in [0.1, 0.15) is 22.2 Å². The number of ketones is 1. The molecule has 1 heterocycles. The molecule has 0 bridgehead atoms. The van der Waals surface area contributed by atoms with Crippen molar-refractivity contribution in [3.05, 3.63) is 64.7 Å². The van der Waals surface area contributed by atoms with Crippen LogP contribution in [0.3, 0.4) is 0 Å². The molecule has 0 amide bonds. The zero-order valence-corrected chi connectivity index (χ0v) is 15.7. The molecule has 1 atom stereocenters. The Bertz CT molecular complexity index is 922. The van der Waals surface area contributed by atoms with Crippen LogP contribution in [0.15, 0.2) is 48.5 Å². The van der Waals surface area contributed by atoms with Crippen LogP contribution in [0.4, 0.5) is 0 Å². The SMILES string of the molecule is COc1ccc(C(N)C(=O)c2nc(-c3ccccc3)sc2C)c(OC)c1. The molecule has 1 aromatic heterocycles. The number of hydrogen-bond donors (Lipinski definition) is 1. The van der Waals surface area contributed by atoms with Crippen LogP contribution in [-0.2, 0) is 0 Å². The summed E-state index contributed by atoms with van der Waals surface area (Å²) < 4.78 is 10.6. The molecule has 0 aliphatic carbocycles. The lowest BCUT2D eigenvalue weighted by Gasteiger charge is -2.15. The maximum atomic E-state index is 13.0. The van der Waals surface area contributed by atoms with Crippen molar-refractivity contribution < 1.29 is 14.3 Å². The highest BCUT2D eigenvalue weighted by Gasteiger charge is 2.26. The van der Waals surface area contributed by atoms with Gasteiger partial charge in [0.25, 0.3) is 0 Å². The van der Waals surface area contributed by atoms with Crippen molar-refractivity contribution in [3.63, 3.8) is 0 Å². The Morgan fingerprint density at radius 1 is 1.12 bits per heavy atom. The van der Waals surface area contributed by atoms with Gasteiger partial charge in [0.15, 0.2) is 0 Å². The highest BCUT2D eigenvalue weighted by molar-refractivity contribution is 7.15. The van der Waals surface area contributed by atoms with E-state index < -0.39 is 6.04 Å². The average molecular weight is 368 g/mol. The van der Waals surface area contributed by atoms with Crippen LogP contribution in [0.25, 0.3) is 10.6 Å². The maximum Gasteiger partial charge on any atom is 0.203 e. The summed E-state index contributed by atoms with van der Waals surface area (Å²) in [4.78, 5) is 18.3. The Morgan fingerprint density at radius 2 is 1.85 bits per heavy atom. The smallest absolute Gasteiger partial charge is 0.203 e. The van der Waals surface area contributed by atoms with E-state index in [0.717, 1.165) is 15.4 Å². The maximum absolute atomic E-state index is 13.0. The molecule has 5 nitrogen and oxygen atoms in total. The fourth-order valence-corrected chi connectivity index (χ4v) is 3.62. The molecule has 26 heavy (non-hydrogen) atoms. The number of rotatable bonds is 6. The standard InChI is InChI=1S/C20H20N2O3S/c1-12-18(22-20(26-12)13-7-5-4-6-8-13)19(23)17(21)15-10-9-14(24-2)11-16(15)25-3/h4-11,17H,21H2,1-3H3. The number of aromatic nitrogens is 1. The second kappa shape index (κ2) is 7.68. The van der Waals surface area contributed by atoms with Gasteiger partial charge in [-0.3, -0.25) is 4.79 Å². The molecule has 2 N–H and O–H groups in total. The van der Waals surface area contributed by atoms with E-state index in [1.165, 1.54) is 18.4 Å². The second-order valence-electron chi connectivity index (χ2n) is 5.74. The molecule has 0 aliphatic rings. The van der Waals surface area contributed by atoms with Gasteiger partial charge in [-0.2, -0.15) is 0 Å². The Balaban J connectivity index is 1.93. The van der Waals surface area contributed by atoms with Gasteiger partial charge in [0.2, 0.25) is 5.78 Å². The van der Waals surface area contributed by atoms with Gasteiger partial charge >= 0.3 is 0 Å². The third-order valence-corrected chi connectivity index (χ3v) is 5.13. The normalized spacial score (nSPS) is 11.8. The number of methoxy groups -OCH3 is 2. The number of thiazole rings is 1. The Kier molecular flexibility index (Phi) is 5.35. The van der Waals surface area contributed by atoms with Gasteiger partial charge in [0.05, 0.1) is 20.3 Å². The number of aryl methyl sites for hydroxylation is 1. The first kappa shape index (κ1) is 18.1. The third kappa shape index (κ3) is 3.47. The van der Waals surface area contributed by atoms with Crippen LogP contribution in [0, 0.1) is 6.92 Å². The molecule has 6 heteroatoms. The summed E-state index contributed by atoms with van der Waals surface area (Å²) in [7, 11) is 3.11. The Morgan fingerprint density at radius 3 is 2.50 bits per heavy atom. The van der Waals surface area contributed by atoms with Crippen LogP contribution in [0.2, 0.25) is 0 Å². The first-order valence-corrected chi connectivity index (χ1v) is 8.91. The zero-order valence-electron chi connectivity index (χ0n) is 14.9. The van der Waals surface area contributed by atoms with Crippen molar-refractivity contribution in [2.75, 3.05) is 14.2 Å². The minimum Gasteiger partial charge on any atom is -0.497 e. The van der Waals surface area contributed by atoms with Gasteiger partial charge in [-0.1, -0.05) is 30.3 Å². The highest BCUT2D eigenvalue weighted by Crippen LogP contribution is 2.33. The molecule has 134 valence electrons. The van der Waals surface area contributed by atoms with E-state index >= 15 is 0 Å². The van der Waals surface area contributed by atoms with Crippen LogP contribution in [-0.4, -0.2) is 25.0 Å². The number of nitrogens with zero attached hydrogens (tertiary/aromatic N) is 1. The molecule has 0 saturated heterocycles. The predicted molar refractivity (Wildman–Crippen MR) is 103 cm³/mol. The van der Waals surface area contributed by atoms with E-state index in [2.05, 4.69) is 4.98 Å². The lowest BCUT2D eigenvalue weighted by atomic mass is 10.00. The summed E-state index contributed by atoms with van der Waals surface area (Å²) in [6.07, 6.45) is 0. The minimum atomic E-state index is -0.861. The van der Waals surface area contributed by atoms with Crippen molar-refractivity contribution >= 4 is 17.1 Å². The molecule has 0 saturated carbocycles. The largest absolute Gasteiger partial charge is 0.497 e. The van der Waals surface area contributed by atoms with Crippen molar-refractivity contribution in [1.82, 2.24) is 4.98 Å². The number of benzene rings is 2. The molecule has 0 radical (unpaired) electrons. The number of carbonyl (C=O) groups is 1. The van der Waals surface area contributed by atoms with Gasteiger partial charge < -0.3 is 15.2 Å². The molecule has 0 spiro atoms. The number of nitrogens with two attached hydrogens (primary N) is 1. The molecule has 2 aromatic carbocycles. The summed E-state index contributed by atoms with van der Waals surface area (Å²) in [6, 6.07) is 14.1. The van der Waals surface area contributed by atoms with Crippen molar-refractivity contribution in [1.29, 1.82) is 0 Å². The summed E-state index contributed by atoms with van der Waals surface area (Å²) in [5, 5.41) is 0.806. The molecular formula is C20H20N2O3S. The lowest BCUT2D eigenvalue weighted by Crippen LogP contribution is -2.23. The average Bonchev–Trinajstić information content (AvgIpc) is 3.08. The van der Waals surface area contributed by atoms with Crippen molar-refractivity contribution in [3.8, 4) is 22.1 Å². The number of ether oxygens (including phenoxy) is 2. The molecule has 3 rings (SSSR count). The highest BCUT2D eigenvalue weighted by atomic mass is 32.1. The fourth-order valence-electron chi connectivity index (χ4n) is 2.69. The van der Waals surface area contributed by atoms with Gasteiger partial charge in [0, 0.05) is 22.1 Å². The van der Waals surface area contributed by atoms with E-state index in [-0.39, 0.29) is 5.78 Å². The van der Waals surface area contributed by atoms with Crippen LogP contribution in [0.5, 0.6) is 11.5 Å². The second-order valence-corrected chi connectivity index (χ2v) is 6.94. The van der Waals surface area contributed by atoms with Crippen LogP contribution in [0.1, 0.15) is 27.0 Å².